The first-order chi connectivity index (χ1) is 11.2. The maximum absolute atomic E-state index is 12.3. The molecule has 0 bridgehead atoms. The van der Waals surface area contributed by atoms with E-state index in [0.29, 0.717) is 6.42 Å². The maximum atomic E-state index is 12.3. The molecule has 0 unspecified atom stereocenters. The van der Waals surface area contributed by atoms with Gasteiger partial charge in [-0.2, -0.15) is 0 Å². The fraction of sp³-hybridized carbons (Fsp3) is 0.529. The molecule has 0 aromatic carbocycles. The Kier molecular flexibility index (Phi) is 9.76. The van der Waals surface area contributed by atoms with Gasteiger partial charge in [0.15, 0.2) is 0 Å². The summed E-state index contributed by atoms with van der Waals surface area (Å²) in [5.74, 6) is 6.55. The molecule has 126 valence electrons. The number of hydrogen-bond acceptors (Lipinski definition) is 4. The molecule has 6 heteroatoms. The fourth-order valence-corrected chi connectivity index (χ4v) is 3.04. The van der Waals surface area contributed by atoms with Gasteiger partial charge in [-0.1, -0.05) is 18.9 Å². The van der Waals surface area contributed by atoms with E-state index in [1.165, 1.54) is 0 Å². The highest BCUT2D eigenvalue weighted by molar-refractivity contribution is 7.10. The van der Waals surface area contributed by atoms with Crippen LogP contribution >= 0.6 is 11.3 Å². The van der Waals surface area contributed by atoms with E-state index in [1.54, 1.807) is 11.3 Å². The Hall–Kier alpha value is -1.84. The summed E-state index contributed by atoms with van der Waals surface area (Å²) in [5.41, 5.74) is 0. The van der Waals surface area contributed by atoms with Crippen LogP contribution in [0.3, 0.4) is 0 Å². The van der Waals surface area contributed by atoms with E-state index in [2.05, 4.69) is 23.7 Å². The summed E-state index contributed by atoms with van der Waals surface area (Å²) in [7, 11) is 0. The van der Waals surface area contributed by atoms with Gasteiger partial charge in [0.1, 0.15) is 0 Å². The van der Waals surface area contributed by atoms with Crippen molar-refractivity contribution < 1.29 is 14.7 Å². The predicted octanol–water partition coefficient (Wildman–Crippen LogP) is 1.94. The van der Waals surface area contributed by atoms with Crippen molar-refractivity contribution in [3.8, 4) is 11.8 Å². The molecule has 0 atom stereocenters. The first-order valence-electron chi connectivity index (χ1n) is 7.77. The number of carboxylic acid groups (broad SMARTS) is 1. The van der Waals surface area contributed by atoms with Gasteiger partial charge in [0.2, 0.25) is 5.91 Å². The summed E-state index contributed by atoms with van der Waals surface area (Å²) in [5, 5.41) is 8.92. The van der Waals surface area contributed by atoms with Crippen LogP contribution in [0.25, 0.3) is 0 Å². The van der Waals surface area contributed by atoms with Crippen molar-refractivity contribution in [1.29, 1.82) is 0 Å². The topological polar surface area (TPSA) is 60.9 Å². The van der Waals surface area contributed by atoms with Crippen molar-refractivity contribution in [2.24, 2.45) is 0 Å². The van der Waals surface area contributed by atoms with Crippen LogP contribution in [0.1, 0.15) is 24.6 Å². The average Bonchev–Trinajstić information content (AvgIpc) is 2.92. The van der Waals surface area contributed by atoms with Crippen LogP contribution in [-0.2, 0) is 16.0 Å². The summed E-state index contributed by atoms with van der Waals surface area (Å²) in [6.45, 7) is 6.34. The zero-order chi connectivity index (χ0) is 16.9. The van der Waals surface area contributed by atoms with Crippen molar-refractivity contribution >= 4 is 23.7 Å². The van der Waals surface area contributed by atoms with E-state index in [0.717, 1.165) is 50.4 Å². The molecule has 2 heterocycles. The van der Waals surface area contributed by atoms with Gasteiger partial charge in [0, 0.05) is 37.5 Å². The van der Waals surface area contributed by atoms with E-state index < -0.39 is 0 Å². The predicted molar refractivity (Wildman–Crippen MR) is 92.4 cm³/mol. The third kappa shape index (κ3) is 7.82. The second-order valence-corrected chi connectivity index (χ2v) is 6.11. The Morgan fingerprint density at radius 2 is 2.13 bits per heavy atom. The molecule has 5 nitrogen and oxygen atoms in total. The molecule has 1 saturated heterocycles. The van der Waals surface area contributed by atoms with Gasteiger partial charge in [-0.15, -0.1) is 17.3 Å². The van der Waals surface area contributed by atoms with Gasteiger partial charge in [-0.25, -0.2) is 0 Å². The first-order valence-corrected chi connectivity index (χ1v) is 8.65. The molecule has 2 rings (SSSR count). The largest absolute Gasteiger partial charge is 0.483 e. The average molecular weight is 336 g/mol. The van der Waals surface area contributed by atoms with Gasteiger partial charge in [0.05, 0.1) is 13.0 Å². The lowest BCUT2D eigenvalue weighted by molar-refractivity contribution is -0.130. The van der Waals surface area contributed by atoms with Crippen molar-refractivity contribution in [2.75, 3.05) is 32.7 Å². The lowest BCUT2D eigenvalue weighted by atomic mass is 10.3. The Balaban J connectivity index is 0.000000816. The van der Waals surface area contributed by atoms with Crippen molar-refractivity contribution in [3.63, 3.8) is 0 Å². The van der Waals surface area contributed by atoms with Gasteiger partial charge in [-0.3, -0.25) is 14.5 Å². The number of carbonyl (C=O) groups is 2. The molecule has 0 aliphatic carbocycles. The van der Waals surface area contributed by atoms with Crippen LogP contribution in [0.15, 0.2) is 17.5 Å². The second kappa shape index (κ2) is 11.7. The van der Waals surface area contributed by atoms with E-state index in [4.69, 9.17) is 9.90 Å². The first kappa shape index (κ1) is 19.2. The van der Waals surface area contributed by atoms with Crippen LogP contribution in [0.5, 0.6) is 0 Å². The Morgan fingerprint density at radius 3 is 2.78 bits per heavy atom. The number of amides is 1. The Bertz CT molecular complexity index is 520. The maximum Gasteiger partial charge on any atom is 0.290 e. The zero-order valence-electron chi connectivity index (χ0n) is 13.5. The third-order valence-electron chi connectivity index (χ3n) is 3.45. The molecule has 1 aliphatic heterocycles. The molecule has 1 amide bonds. The molecule has 0 spiro atoms. The number of hydrogen-bond donors (Lipinski definition) is 1. The van der Waals surface area contributed by atoms with Crippen LogP contribution in [-0.4, -0.2) is 60.0 Å². The number of thiophene rings is 1. The summed E-state index contributed by atoms with van der Waals surface area (Å²) >= 11 is 1.66. The zero-order valence-corrected chi connectivity index (χ0v) is 14.3. The van der Waals surface area contributed by atoms with Crippen molar-refractivity contribution in [2.45, 2.75) is 26.2 Å². The molecule has 1 aliphatic rings. The fourth-order valence-electron chi connectivity index (χ4n) is 2.35. The monoisotopic (exact) mass is 336 g/mol. The Morgan fingerprint density at radius 1 is 1.35 bits per heavy atom. The molecule has 23 heavy (non-hydrogen) atoms. The van der Waals surface area contributed by atoms with Gasteiger partial charge < -0.3 is 10.0 Å². The quantitative estimate of drug-likeness (QED) is 0.677. The highest BCUT2D eigenvalue weighted by atomic mass is 32.1. The molecular weight excluding hydrogens is 312 g/mol. The van der Waals surface area contributed by atoms with Gasteiger partial charge in [-0.05, 0) is 17.9 Å². The minimum Gasteiger partial charge on any atom is -0.483 e. The number of nitrogens with zero attached hydrogens (tertiary/aromatic N) is 2. The van der Waals surface area contributed by atoms with E-state index >= 15 is 0 Å². The lowest BCUT2D eigenvalue weighted by Gasteiger charge is -2.20. The second-order valence-electron chi connectivity index (χ2n) is 5.08. The smallest absolute Gasteiger partial charge is 0.290 e. The van der Waals surface area contributed by atoms with Gasteiger partial charge >= 0.3 is 0 Å². The van der Waals surface area contributed by atoms with E-state index in [9.17, 15) is 4.79 Å². The van der Waals surface area contributed by atoms with Crippen molar-refractivity contribution in [3.05, 3.63) is 22.4 Å². The molecule has 1 fully saturated rings. The minimum absolute atomic E-state index is 0.250. The normalized spacial score (nSPS) is 14.7. The van der Waals surface area contributed by atoms with E-state index in [1.807, 2.05) is 22.4 Å². The number of carbonyl (C=O) groups excluding carboxylic acids is 1. The molecule has 1 N–H and O–H groups in total. The highest BCUT2D eigenvalue weighted by Gasteiger charge is 2.18. The summed E-state index contributed by atoms with van der Waals surface area (Å²) in [6, 6.07) is 4.04. The summed E-state index contributed by atoms with van der Waals surface area (Å²) < 4.78 is 0. The van der Waals surface area contributed by atoms with Crippen LogP contribution in [0, 0.1) is 11.8 Å². The van der Waals surface area contributed by atoms with Crippen LogP contribution in [0.2, 0.25) is 0 Å². The highest BCUT2D eigenvalue weighted by Crippen LogP contribution is 2.12. The number of rotatable bonds is 3. The van der Waals surface area contributed by atoms with Gasteiger partial charge in [0.25, 0.3) is 6.47 Å². The minimum atomic E-state index is -0.250. The molecule has 1 aromatic heterocycles. The molecule has 1 aromatic rings. The lowest BCUT2D eigenvalue weighted by Crippen LogP contribution is -2.36. The third-order valence-corrected chi connectivity index (χ3v) is 4.33. The molecule has 0 saturated carbocycles. The van der Waals surface area contributed by atoms with Crippen LogP contribution in [0.4, 0.5) is 0 Å². The molecule has 0 radical (unpaired) electrons. The van der Waals surface area contributed by atoms with Crippen LogP contribution < -0.4 is 0 Å². The van der Waals surface area contributed by atoms with E-state index in [-0.39, 0.29) is 12.4 Å². The SMILES string of the molecule is CCC#CCN1CCCN(C(=O)Cc2cccs2)CC1.O=CO. The summed E-state index contributed by atoms with van der Waals surface area (Å²) in [6.07, 6.45) is 2.51. The molecular formula is C17H24N2O3S. The Labute approximate surface area is 141 Å². The standard InChI is InChI=1S/C16H22N2OS.CH2O2/c1-2-3-4-8-17-9-6-10-18(12-11-17)16(19)14-15-7-5-13-20-15;2-1-3/h5,7,13H,2,6,8-12,14H2,1H3;1H,(H,2,3). The summed E-state index contributed by atoms with van der Waals surface area (Å²) in [4.78, 5) is 26.1. The van der Waals surface area contributed by atoms with Crippen molar-refractivity contribution in [1.82, 2.24) is 9.80 Å².